The number of carbonyl (C=O) groups excluding carboxylic acids is 1. The minimum Gasteiger partial charge on any atom is -0.384 e. The van der Waals surface area contributed by atoms with Crippen molar-refractivity contribution in [1.82, 2.24) is 15.0 Å². The van der Waals surface area contributed by atoms with E-state index in [1.165, 1.54) is 0 Å². The van der Waals surface area contributed by atoms with Crippen LogP contribution in [0.4, 0.5) is 0 Å². The molecule has 0 saturated carbocycles. The van der Waals surface area contributed by atoms with Crippen molar-refractivity contribution in [3.63, 3.8) is 0 Å². The number of ether oxygens (including phenoxy) is 2. The number of methoxy groups -OCH3 is 1. The lowest BCUT2D eigenvalue weighted by molar-refractivity contribution is -0.00978. The Morgan fingerprint density at radius 3 is 2.92 bits per heavy atom. The van der Waals surface area contributed by atoms with Gasteiger partial charge in [0, 0.05) is 36.7 Å². The lowest BCUT2D eigenvalue weighted by Crippen LogP contribution is -2.40. The maximum atomic E-state index is 12.5. The molecule has 7 nitrogen and oxygen atoms in total. The minimum atomic E-state index is 0.0597. The first kappa shape index (κ1) is 19.0. The van der Waals surface area contributed by atoms with Gasteiger partial charge in [0.2, 0.25) is 0 Å². The second-order valence-electron chi connectivity index (χ2n) is 6.16. The number of amides is 1. The van der Waals surface area contributed by atoms with Crippen LogP contribution >= 0.6 is 15.9 Å². The maximum absolute atomic E-state index is 12.5. The highest BCUT2D eigenvalue weighted by Gasteiger charge is 2.24. The van der Waals surface area contributed by atoms with E-state index in [-0.39, 0.29) is 12.0 Å². The van der Waals surface area contributed by atoms with Gasteiger partial charge in [-0.1, -0.05) is 27.2 Å². The zero-order chi connectivity index (χ0) is 18.4. The van der Waals surface area contributed by atoms with Crippen LogP contribution in [-0.4, -0.2) is 53.9 Å². The standard InChI is InChI=1S/C18H22BrN3O4/c1-24-10-7-16-20-17(26-21-16)12-25-15-5-8-22(9-6-15)18(23)13-3-2-4-14(19)11-13/h2-4,11,15H,5-10,12H2,1H3. The number of piperidine rings is 1. The van der Waals surface area contributed by atoms with Crippen LogP contribution in [0, 0.1) is 0 Å². The summed E-state index contributed by atoms with van der Waals surface area (Å²) in [5.41, 5.74) is 0.702. The van der Waals surface area contributed by atoms with Gasteiger partial charge in [0.1, 0.15) is 6.61 Å². The lowest BCUT2D eigenvalue weighted by atomic mass is 10.1. The van der Waals surface area contributed by atoms with Crippen LogP contribution in [-0.2, 0) is 22.5 Å². The van der Waals surface area contributed by atoms with E-state index in [0.29, 0.717) is 50.0 Å². The summed E-state index contributed by atoms with van der Waals surface area (Å²) in [6.45, 7) is 2.21. The molecule has 1 aromatic heterocycles. The average molecular weight is 424 g/mol. The second-order valence-corrected chi connectivity index (χ2v) is 7.08. The third kappa shape index (κ3) is 5.12. The molecule has 1 fully saturated rings. The topological polar surface area (TPSA) is 77.7 Å². The summed E-state index contributed by atoms with van der Waals surface area (Å²) >= 11 is 3.40. The van der Waals surface area contributed by atoms with E-state index in [9.17, 15) is 4.79 Å². The number of likely N-dealkylation sites (tertiary alicyclic amines) is 1. The van der Waals surface area contributed by atoms with Gasteiger partial charge in [-0.3, -0.25) is 4.79 Å². The van der Waals surface area contributed by atoms with Crippen LogP contribution in [0.1, 0.15) is 34.9 Å². The number of hydrogen-bond acceptors (Lipinski definition) is 6. The summed E-state index contributed by atoms with van der Waals surface area (Å²) in [6.07, 6.45) is 2.31. The number of nitrogens with zero attached hydrogens (tertiary/aromatic N) is 3. The molecule has 3 rings (SSSR count). The Morgan fingerprint density at radius 1 is 1.38 bits per heavy atom. The van der Waals surface area contributed by atoms with Gasteiger partial charge in [-0.15, -0.1) is 0 Å². The van der Waals surface area contributed by atoms with Crippen molar-refractivity contribution in [1.29, 1.82) is 0 Å². The third-order valence-electron chi connectivity index (χ3n) is 4.28. The van der Waals surface area contributed by atoms with Crippen molar-refractivity contribution in [2.75, 3.05) is 26.8 Å². The molecule has 0 radical (unpaired) electrons. The molecule has 0 aliphatic carbocycles. The van der Waals surface area contributed by atoms with E-state index in [4.69, 9.17) is 14.0 Å². The molecule has 1 aliphatic heterocycles. The van der Waals surface area contributed by atoms with E-state index in [1.54, 1.807) is 7.11 Å². The van der Waals surface area contributed by atoms with Crippen molar-refractivity contribution < 1.29 is 18.8 Å². The van der Waals surface area contributed by atoms with Crippen LogP contribution in [0.15, 0.2) is 33.3 Å². The normalized spacial score (nSPS) is 15.4. The number of carbonyl (C=O) groups is 1. The summed E-state index contributed by atoms with van der Waals surface area (Å²) in [5, 5.41) is 3.89. The van der Waals surface area contributed by atoms with Crippen LogP contribution in [0.5, 0.6) is 0 Å². The molecule has 0 bridgehead atoms. The van der Waals surface area contributed by atoms with E-state index in [1.807, 2.05) is 29.2 Å². The number of halogens is 1. The molecule has 8 heteroatoms. The SMILES string of the molecule is COCCc1noc(COC2CCN(C(=O)c3cccc(Br)c3)CC2)n1. The zero-order valence-corrected chi connectivity index (χ0v) is 16.3. The summed E-state index contributed by atoms with van der Waals surface area (Å²) < 4.78 is 16.9. The monoisotopic (exact) mass is 423 g/mol. The molecule has 1 saturated heterocycles. The Hall–Kier alpha value is -1.77. The van der Waals surface area contributed by atoms with Gasteiger partial charge in [-0.2, -0.15) is 4.98 Å². The molecule has 1 amide bonds. The van der Waals surface area contributed by atoms with Crippen molar-refractivity contribution in [2.45, 2.75) is 32.0 Å². The van der Waals surface area contributed by atoms with Gasteiger partial charge < -0.3 is 18.9 Å². The van der Waals surface area contributed by atoms with E-state index in [0.717, 1.165) is 17.3 Å². The van der Waals surface area contributed by atoms with Crippen LogP contribution in [0.2, 0.25) is 0 Å². The van der Waals surface area contributed by atoms with Crippen molar-refractivity contribution in [3.05, 3.63) is 46.0 Å². The summed E-state index contributed by atoms with van der Waals surface area (Å²) in [6, 6.07) is 7.47. The van der Waals surface area contributed by atoms with Gasteiger partial charge in [-0.25, -0.2) is 0 Å². The first-order valence-electron chi connectivity index (χ1n) is 8.62. The van der Waals surface area contributed by atoms with Crippen molar-refractivity contribution in [2.24, 2.45) is 0 Å². The molecule has 26 heavy (non-hydrogen) atoms. The predicted molar refractivity (Wildman–Crippen MR) is 97.7 cm³/mol. The molecule has 0 N–H and O–H groups in total. The molecular formula is C18H22BrN3O4. The molecule has 2 heterocycles. The number of benzene rings is 1. The highest BCUT2D eigenvalue weighted by atomic mass is 79.9. The molecular weight excluding hydrogens is 402 g/mol. The van der Waals surface area contributed by atoms with E-state index in [2.05, 4.69) is 26.1 Å². The maximum Gasteiger partial charge on any atom is 0.253 e. The summed E-state index contributed by atoms with van der Waals surface area (Å²) in [7, 11) is 1.64. The van der Waals surface area contributed by atoms with Gasteiger partial charge in [0.05, 0.1) is 12.7 Å². The van der Waals surface area contributed by atoms with Crippen LogP contribution < -0.4 is 0 Å². The van der Waals surface area contributed by atoms with Gasteiger partial charge in [0.25, 0.3) is 11.8 Å². The number of aromatic nitrogens is 2. The molecule has 140 valence electrons. The van der Waals surface area contributed by atoms with Gasteiger partial charge in [-0.05, 0) is 31.0 Å². The van der Waals surface area contributed by atoms with Gasteiger partial charge in [0.15, 0.2) is 5.82 Å². The van der Waals surface area contributed by atoms with Crippen molar-refractivity contribution in [3.8, 4) is 0 Å². The Bertz CT molecular complexity index is 729. The third-order valence-corrected chi connectivity index (χ3v) is 4.78. The molecule has 0 atom stereocenters. The second kappa shape index (κ2) is 9.25. The van der Waals surface area contributed by atoms with Gasteiger partial charge >= 0.3 is 0 Å². The smallest absolute Gasteiger partial charge is 0.253 e. The zero-order valence-electron chi connectivity index (χ0n) is 14.7. The first-order chi connectivity index (χ1) is 12.7. The van der Waals surface area contributed by atoms with Crippen molar-refractivity contribution >= 4 is 21.8 Å². The quantitative estimate of drug-likeness (QED) is 0.681. The number of rotatable bonds is 7. The molecule has 1 aliphatic rings. The summed E-state index contributed by atoms with van der Waals surface area (Å²) in [4.78, 5) is 18.7. The molecule has 0 spiro atoms. The lowest BCUT2D eigenvalue weighted by Gasteiger charge is -2.31. The Labute approximate surface area is 160 Å². The van der Waals surface area contributed by atoms with E-state index < -0.39 is 0 Å². The fraction of sp³-hybridized carbons (Fsp3) is 0.500. The Balaban J connectivity index is 1.43. The number of hydrogen-bond donors (Lipinski definition) is 0. The van der Waals surface area contributed by atoms with E-state index >= 15 is 0 Å². The average Bonchev–Trinajstić information content (AvgIpc) is 3.12. The predicted octanol–water partition coefficient (Wildman–Crippen LogP) is 2.84. The Morgan fingerprint density at radius 2 is 2.19 bits per heavy atom. The molecule has 0 unspecified atom stereocenters. The fourth-order valence-electron chi connectivity index (χ4n) is 2.86. The highest BCUT2D eigenvalue weighted by Crippen LogP contribution is 2.19. The first-order valence-corrected chi connectivity index (χ1v) is 9.42. The van der Waals surface area contributed by atoms with Crippen LogP contribution in [0.3, 0.4) is 0 Å². The summed E-state index contributed by atoms with van der Waals surface area (Å²) in [5.74, 6) is 1.16. The minimum absolute atomic E-state index is 0.0597. The molecule has 1 aromatic carbocycles. The molecule has 2 aromatic rings. The fourth-order valence-corrected chi connectivity index (χ4v) is 3.26. The highest BCUT2D eigenvalue weighted by molar-refractivity contribution is 9.10. The van der Waals surface area contributed by atoms with Crippen LogP contribution in [0.25, 0.3) is 0 Å². The largest absolute Gasteiger partial charge is 0.384 e. The Kier molecular flexibility index (Phi) is 6.76.